The number of alkyl halides is 1. The highest BCUT2D eigenvalue weighted by Gasteiger charge is 2.14. The fourth-order valence-corrected chi connectivity index (χ4v) is 1.32. The Morgan fingerprint density at radius 3 is 2.73 bits per heavy atom. The summed E-state index contributed by atoms with van der Waals surface area (Å²) >= 11 is 5.72. The molecule has 0 bridgehead atoms. The smallest absolute Gasteiger partial charge is 0.186 e. The SMILES string of the molecule is Cc1ncnc(NC(C)C(C)CCl)c1F. The molecule has 15 heavy (non-hydrogen) atoms. The Labute approximate surface area is 94.1 Å². The van der Waals surface area contributed by atoms with Crippen molar-refractivity contribution >= 4 is 17.4 Å². The predicted octanol–water partition coefficient (Wildman–Crippen LogP) is 2.60. The van der Waals surface area contributed by atoms with Gasteiger partial charge in [0, 0.05) is 11.9 Å². The summed E-state index contributed by atoms with van der Waals surface area (Å²) in [5.74, 6) is 0.624. The lowest BCUT2D eigenvalue weighted by molar-refractivity contribution is 0.550. The van der Waals surface area contributed by atoms with Crippen LogP contribution >= 0.6 is 11.6 Å². The first-order valence-corrected chi connectivity index (χ1v) is 5.39. The van der Waals surface area contributed by atoms with Crippen molar-refractivity contribution in [3.05, 3.63) is 17.8 Å². The van der Waals surface area contributed by atoms with Crippen molar-refractivity contribution in [1.82, 2.24) is 9.97 Å². The first-order chi connectivity index (χ1) is 7.06. The van der Waals surface area contributed by atoms with Crippen LogP contribution in [0.5, 0.6) is 0 Å². The second-order valence-corrected chi connectivity index (χ2v) is 3.99. The summed E-state index contributed by atoms with van der Waals surface area (Å²) in [5, 5.41) is 2.99. The molecule has 0 saturated heterocycles. The molecule has 0 fully saturated rings. The van der Waals surface area contributed by atoms with Gasteiger partial charge in [0.25, 0.3) is 0 Å². The molecule has 1 aromatic rings. The van der Waals surface area contributed by atoms with Gasteiger partial charge in [-0.05, 0) is 19.8 Å². The van der Waals surface area contributed by atoms with E-state index in [0.717, 1.165) is 0 Å². The first kappa shape index (κ1) is 12.2. The van der Waals surface area contributed by atoms with Crippen molar-refractivity contribution in [2.75, 3.05) is 11.2 Å². The number of aryl methyl sites for hydroxylation is 1. The van der Waals surface area contributed by atoms with Crippen LogP contribution in [0.4, 0.5) is 10.2 Å². The standard InChI is InChI=1S/C10H15ClFN3/c1-6(4-11)7(2)15-10-9(12)8(3)13-5-14-10/h5-7H,4H2,1-3H3,(H,13,14,15). The molecule has 0 aromatic carbocycles. The van der Waals surface area contributed by atoms with Crippen LogP contribution in [0, 0.1) is 18.7 Å². The highest BCUT2D eigenvalue weighted by molar-refractivity contribution is 6.18. The number of nitrogens with zero attached hydrogens (tertiary/aromatic N) is 2. The number of halogens is 2. The van der Waals surface area contributed by atoms with E-state index in [2.05, 4.69) is 15.3 Å². The minimum atomic E-state index is -0.397. The van der Waals surface area contributed by atoms with Crippen molar-refractivity contribution in [3.8, 4) is 0 Å². The summed E-state index contributed by atoms with van der Waals surface area (Å²) in [4.78, 5) is 7.61. The van der Waals surface area contributed by atoms with Crippen LogP contribution in [0.15, 0.2) is 6.33 Å². The Hall–Kier alpha value is -0.900. The molecule has 0 spiro atoms. The third kappa shape index (κ3) is 3.02. The maximum absolute atomic E-state index is 13.5. The summed E-state index contributed by atoms with van der Waals surface area (Å²) in [6.45, 7) is 5.55. The Morgan fingerprint density at radius 2 is 2.13 bits per heavy atom. The summed E-state index contributed by atoms with van der Waals surface area (Å²) in [5.41, 5.74) is 0.346. The van der Waals surface area contributed by atoms with E-state index in [1.165, 1.54) is 6.33 Å². The van der Waals surface area contributed by atoms with Gasteiger partial charge in [0.2, 0.25) is 0 Å². The molecule has 84 valence electrons. The van der Waals surface area contributed by atoms with Crippen LogP contribution < -0.4 is 5.32 Å². The average Bonchev–Trinajstić information content (AvgIpc) is 2.23. The number of nitrogens with one attached hydrogen (secondary N) is 1. The Balaban J connectivity index is 2.76. The summed E-state index contributed by atoms with van der Waals surface area (Å²) in [7, 11) is 0. The Kier molecular flexibility index (Phi) is 4.27. The average molecular weight is 232 g/mol. The molecule has 1 N–H and O–H groups in total. The lowest BCUT2D eigenvalue weighted by Crippen LogP contribution is -2.26. The molecule has 0 amide bonds. The molecule has 1 rings (SSSR count). The van der Waals surface area contributed by atoms with Crippen LogP contribution in [0.3, 0.4) is 0 Å². The minimum Gasteiger partial charge on any atom is -0.365 e. The van der Waals surface area contributed by atoms with Gasteiger partial charge < -0.3 is 5.32 Å². The van der Waals surface area contributed by atoms with Gasteiger partial charge >= 0.3 is 0 Å². The molecule has 0 aliphatic rings. The lowest BCUT2D eigenvalue weighted by Gasteiger charge is -2.19. The van der Waals surface area contributed by atoms with Gasteiger partial charge in [0.15, 0.2) is 11.6 Å². The zero-order chi connectivity index (χ0) is 11.4. The normalized spacial score (nSPS) is 14.7. The molecule has 3 nitrogen and oxygen atoms in total. The molecule has 0 saturated carbocycles. The lowest BCUT2D eigenvalue weighted by atomic mass is 10.1. The number of rotatable bonds is 4. The van der Waals surface area contributed by atoms with Crippen molar-refractivity contribution in [2.45, 2.75) is 26.8 Å². The molecule has 0 aliphatic heterocycles. The highest BCUT2D eigenvalue weighted by Crippen LogP contribution is 2.16. The van der Waals surface area contributed by atoms with Gasteiger partial charge in [-0.3, -0.25) is 0 Å². The van der Waals surface area contributed by atoms with Crippen LogP contribution in [0.1, 0.15) is 19.5 Å². The van der Waals surface area contributed by atoms with E-state index in [9.17, 15) is 4.39 Å². The van der Waals surface area contributed by atoms with Crippen molar-refractivity contribution in [2.24, 2.45) is 5.92 Å². The zero-order valence-electron chi connectivity index (χ0n) is 9.09. The number of aromatic nitrogens is 2. The molecule has 1 heterocycles. The quantitative estimate of drug-likeness (QED) is 0.810. The van der Waals surface area contributed by atoms with E-state index in [1.54, 1.807) is 6.92 Å². The monoisotopic (exact) mass is 231 g/mol. The number of anilines is 1. The van der Waals surface area contributed by atoms with Crippen molar-refractivity contribution in [1.29, 1.82) is 0 Å². The van der Waals surface area contributed by atoms with Crippen LogP contribution in [0.2, 0.25) is 0 Å². The summed E-state index contributed by atoms with van der Waals surface area (Å²) in [6, 6.07) is 0.0753. The molecular weight excluding hydrogens is 217 g/mol. The number of hydrogen-bond donors (Lipinski definition) is 1. The van der Waals surface area contributed by atoms with E-state index in [4.69, 9.17) is 11.6 Å². The molecule has 2 unspecified atom stereocenters. The summed E-state index contributed by atoms with van der Waals surface area (Å²) < 4.78 is 13.5. The molecule has 5 heteroatoms. The van der Waals surface area contributed by atoms with Crippen LogP contribution in [-0.2, 0) is 0 Å². The molecular formula is C10H15ClFN3. The van der Waals surface area contributed by atoms with Gasteiger partial charge in [0.05, 0.1) is 5.69 Å². The second kappa shape index (κ2) is 5.26. The number of hydrogen-bond acceptors (Lipinski definition) is 3. The fourth-order valence-electron chi connectivity index (χ4n) is 1.05. The largest absolute Gasteiger partial charge is 0.365 e. The maximum atomic E-state index is 13.5. The van der Waals surface area contributed by atoms with Gasteiger partial charge in [-0.1, -0.05) is 6.92 Å². The van der Waals surface area contributed by atoms with Crippen molar-refractivity contribution < 1.29 is 4.39 Å². The first-order valence-electron chi connectivity index (χ1n) is 4.85. The molecule has 0 aliphatic carbocycles. The second-order valence-electron chi connectivity index (χ2n) is 3.69. The molecule has 2 atom stereocenters. The maximum Gasteiger partial charge on any atom is 0.186 e. The van der Waals surface area contributed by atoms with Gasteiger partial charge in [0.1, 0.15) is 6.33 Å². The Morgan fingerprint density at radius 1 is 1.47 bits per heavy atom. The summed E-state index contributed by atoms with van der Waals surface area (Å²) in [6.07, 6.45) is 1.35. The van der Waals surface area contributed by atoms with E-state index in [1.807, 2.05) is 13.8 Å². The topological polar surface area (TPSA) is 37.8 Å². The predicted molar refractivity (Wildman–Crippen MR) is 59.7 cm³/mol. The molecule has 1 aromatic heterocycles. The van der Waals surface area contributed by atoms with E-state index in [0.29, 0.717) is 11.6 Å². The van der Waals surface area contributed by atoms with E-state index in [-0.39, 0.29) is 17.8 Å². The van der Waals surface area contributed by atoms with Crippen LogP contribution in [-0.4, -0.2) is 21.9 Å². The van der Waals surface area contributed by atoms with Crippen LogP contribution in [0.25, 0.3) is 0 Å². The van der Waals surface area contributed by atoms with Crippen molar-refractivity contribution in [3.63, 3.8) is 0 Å². The highest BCUT2D eigenvalue weighted by atomic mass is 35.5. The third-order valence-corrected chi connectivity index (χ3v) is 2.91. The van der Waals surface area contributed by atoms with Gasteiger partial charge in [-0.25, -0.2) is 14.4 Å². The fraction of sp³-hybridized carbons (Fsp3) is 0.600. The molecule has 0 radical (unpaired) electrons. The Bertz CT molecular complexity index is 332. The zero-order valence-corrected chi connectivity index (χ0v) is 9.85. The van der Waals surface area contributed by atoms with E-state index < -0.39 is 5.82 Å². The third-order valence-electron chi connectivity index (χ3n) is 2.43. The van der Waals surface area contributed by atoms with E-state index >= 15 is 0 Å². The minimum absolute atomic E-state index is 0.0753. The van der Waals surface area contributed by atoms with Gasteiger partial charge in [-0.15, -0.1) is 11.6 Å². The van der Waals surface area contributed by atoms with Gasteiger partial charge in [-0.2, -0.15) is 0 Å².